The van der Waals surface area contributed by atoms with Gasteiger partial charge in [-0.15, -0.1) is 0 Å². The molecule has 0 aromatic heterocycles. The van der Waals surface area contributed by atoms with Crippen molar-refractivity contribution in [3.8, 4) is 0 Å². The molecule has 0 radical (unpaired) electrons. The fourth-order valence-corrected chi connectivity index (χ4v) is 6.87. The Morgan fingerprint density at radius 2 is 0.723 bits per heavy atom. The minimum Gasteiger partial charge on any atom is -0.394 e. The number of carbonyl (C=O) groups excluding carboxylic acids is 1. The molecule has 3 atom stereocenters. The highest BCUT2D eigenvalue weighted by molar-refractivity contribution is 5.76. The molecule has 0 aromatic rings. The average Bonchev–Trinajstić information content (AvgIpc) is 3.07. The zero-order valence-corrected chi connectivity index (χ0v) is 31.9. The van der Waals surface area contributed by atoms with E-state index in [1.807, 2.05) is 0 Å². The molecule has 0 bridgehead atoms. The number of hydrogen-bond donors (Lipinski definition) is 4. The average molecular weight is 668 g/mol. The lowest BCUT2D eigenvalue weighted by Gasteiger charge is -2.26. The van der Waals surface area contributed by atoms with Crippen LogP contribution in [-0.4, -0.2) is 46.1 Å². The number of carbonyl (C=O) groups is 1. The zero-order chi connectivity index (χ0) is 34.5. The van der Waals surface area contributed by atoms with Gasteiger partial charge in [-0.2, -0.15) is 0 Å². The van der Waals surface area contributed by atoms with Crippen molar-refractivity contribution in [2.24, 2.45) is 0 Å². The third-order valence-corrected chi connectivity index (χ3v) is 10.2. The summed E-state index contributed by atoms with van der Waals surface area (Å²) in [6.45, 7) is 4.19. The van der Waals surface area contributed by atoms with Gasteiger partial charge in [-0.3, -0.25) is 4.79 Å². The van der Waals surface area contributed by atoms with Crippen molar-refractivity contribution in [1.82, 2.24) is 5.32 Å². The number of hydrogen-bond acceptors (Lipinski definition) is 4. The Morgan fingerprint density at radius 1 is 0.447 bits per heavy atom. The van der Waals surface area contributed by atoms with E-state index >= 15 is 0 Å². The van der Waals surface area contributed by atoms with Crippen molar-refractivity contribution >= 4 is 5.91 Å². The predicted octanol–water partition coefficient (Wildman–Crippen LogP) is 11.9. The Morgan fingerprint density at radius 3 is 1.02 bits per heavy atom. The second-order valence-electron chi connectivity index (χ2n) is 14.9. The largest absolute Gasteiger partial charge is 0.394 e. The molecule has 5 heteroatoms. The summed E-state index contributed by atoms with van der Waals surface area (Å²) in [4.78, 5) is 12.4. The topological polar surface area (TPSA) is 89.8 Å². The van der Waals surface area contributed by atoms with E-state index in [0.29, 0.717) is 12.8 Å². The minimum absolute atomic E-state index is 0.140. The lowest BCUT2D eigenvalue weighted by atomic mass is 9.99. The van der Waals surface area contributed by atoms with Gasteiger partial charge in [-0.1, -0.05) is 219 Å². The second kappa shape index (κ2) is 38.2. The summed E-state index contributed by atoms with van der Waals surface area (Å²) in [6.07, 6.45) is 42.0. The van der Waals surface area contributed by atoms with E-state index < -0.39 is 18.2 Å². The van der Waals surface area contributed by atoms with Crippen LogP contribution in [-0.2, 0) is 4.79 Å². The van der Waals surface area contributed by atoms with Crippen LogP contribution in [0.5, 0.6) is 0 Å². The number of amides is 1. The number of aliphatic hydroxyl groups is 3. The smallest absolute Gasteiger partial charge is 0.220 e. The van der Waals surface area contributed by atoms with Crippen LogP contribution in [0.1, 0.15) is 239 Å². The van der Waals surface area contributed by atoms with Gasteiger partial charge in [0, 0.05) is 6.42 Å². The number of nitrogens with one attached hydrogen (secondary N) is 1. The van der Waals surface area contributed by atoms with Crippen molar-refractivity contribution in [3.63, 3.8) is 0 Å². The first-order valence-electron chi connectivity index (χ1n) is 21.3. The fourth-order valence-electron chi connectivity index (χ4n) is 6.87. The van der Waals surface area contributed by atoms with Gasteiger partial charge in [0.05, 0.1) is 18.8 Å². The van der Waals surface area contributed by atoms with E-state index in [4.69, 9.17) is 0 Å². The van der Waals surface area contributed by atoms with E-state index in [9.17, 15) is 20.1 Å². The molecule has 0 aliphatic carbocycles. The second-order valence-corrected chi connectivity index (χ2v) is 14.9. The molecule has 0 saturated carbocycles. The van der Waals surface area contributed by atoms with Crippen molar-refractivity contribution in [2.75, 3.05) is 6.61 Å². The molecule has 0 aromatic carbocycles. The molecular weight excluding hydrogens is 582 g/mol. The van der Waals surface area contributed by atoms with Gasteiger partial charge in [0.2, 0.25) is 5.91 Å². The third kappa shape index (κ3) is 33.6. The molecule has 0 fully saturated rings. The summed E-state index contributed by atoms with van der Waals surface area (Å²) in [5.41, 5.74) is 0. The van der Waals surface area contributed by atoms with Crippen molar-refractivity contribution < 1.29 is 20.1 Å². The van der Waals surface area contributed by atoms with Gasteiger partial charge in [-0.25, -0.2) is 0 Å². The van der Waals surface area contributed by atoms with E-state index in [1.165, 1.54) is 180 Å². The van der Waals surface area contributed by atoms with Crippen LogP contribution < -0.4 is 5.32 Å². The maximum Gasteiger partial charge on any atom is 0.220 e. The standard InChI is InChI=1S/C42H85NO4/c1-3-5-7-9-11-13-15-17-19-20-21-23-25-27-29-31-33-35-37-41(46)43-39(38-44)42(47)40(45)36-34-32-30-28-26-24-22-18-16-14-12-10-8-6-4-2/h39-40,42,44-45,47H,3-38H2,1-2H3,(H,43,46)/t39-,40+,42-/m0/s1. The fraction of sp³-hybridized carbons (Fsp3) is 0.976. The highest BCUT2D eigenvalue weighted by Crippen LogP contribution is 2.17. The van der Waals surface area contributed by atoms with Gasteiger partial charge < -0.3 is 20.6 Å². The van der Waals surface area contributed by atoms with Crippen LogP contribution in [0.3, 0.4) is 0 Å². The first-order valence-corrected chi connectivity index (χ1v) is 21.3. The van der Waals surface area contributed by atoms with E-state index in [-0.39, 0.29) is 12.5 Å². The number of aliphatic hydroxyl groups excluding tert-OH is 3. The first-order chi connectivity index (χ1) is 23.1. The summed E-state index contributed by atoms with van der Waals surface area (Å²) in [5, 5.41) is 33.5. The Hall–Kier alpha value is -0.650. The summed E-state index contributed by atoms with van der Waals surface area (Å²) in [7, 11) is 0. The third-order valence-electron chi connectivity index (χ3n) is 10.2. The van der Waals surface area contributed by atoms with Crippen LogP contribution in [0.4, 0.5) is 0 Å². The first kappa shape index (κ1) is 46.4. The van der Waals surface area contributed by atoms with Gasteiger partial charge in [0.15, 0.2) is 0 Å². The SMILES string of the molecule is CCCCCCCCCCCCCCCCCCCCC(=O)N[C@@H](CO)[C@H](O)[C@H](O)CCCCCCCCCCCCCCCCC. The molecule has 5 nitrogen and oxygen atoms in total. The van der Waals surface area contributed by atoms with Gasteiger partial charge >= 0.3 is 0 Å². The monoisotopic (exact) mass is 668 g/mol. The van der Waals surface area contributed by atoms with Crippen LogP contribution in [0.25, 0.3) is 0 Å². The van der Waals surface area contributed by atoms with Crippen molar-refractivity contribution in [1.29, 1.82) is 0 Å². The predicted molar refractivity (Wildman–Crippen MR) is 204 cm³/mol. The molecule has 0 aliphatic heterocycles. The van der Waals surface area contributed by atoms with Crippen LogP contribution in [0.15, 0.2) is 0 Å². The highest BCUT2D eigenvalue weighted by atomic mass is 16.3. The van der Waals surface area contributed by atoms with E-state index in [1.54, 1.807) is 0 Å². The molecule has 0 spiro atoms. The minimum atomic E-state index is -1.13. The molecule has 282 valence electrons. The lowest BCUT2D eigenvalue weighted by Crippen LogP contribution is -2.50. The lowest BCUT2D eigenvalue weighted by molar-refractivity contribution is -0.124. The molecule has 4 N–H and O–H groups in total. The van der Waals surface area contributed by atoms with Crippen molar-refractivity contribution in [3.05, 3.63) is 0 Å². The summed E-state index contributed by atoms with van der Waals surface area (Å²) < 4.78 is 0. The van der Waals surface area contributed by atoms with E-state index in [0.717, 1.165) is 32.1 Å². The molecule has 0 heterocycles. The summed E-state index contributed by atoms with van der Waals surface area (Å²) >= 11 is 0. The zero-order valence-electron chi connectivity index (χ0n) is 31.9. The molecule has 0 rings (SSSR count). The van der Waals surface area contributed by atoms with E-state index in [2.05, 4.69) is 19.2 Å². The van der Waals surface area contributed by atoms with Crippen LogP contribution >= 0.6 is 0 Å². The Bertz CT molecular complexity index is 615. The quantitative estimate of drug-likeness (QED) is 0.0491. The molecule has 47 heavy (non-hydrogen) atoms. The summed E-state index contributed by atoms with van der Waals surface area (Å²) in [5.74, 6) is -0.140. The number of unbranched alkanes of at least 4 members (excludes halogenated alkanes) is 31. The highest BCUT2D eigenvalue weighted by Gasteiger charge is 2.26. The molecule has 0 saturated heterocycles. The van der Waals surface area contributed by atoms with Gasteiger partial charge in [-0.05, 0) is 12.8 Å². The Kier molecular flexibility index (Phi) is 37.6. The molecular formula is C42H85NO4. The van der Waals surface area contributed by atoms with Crippen LogP contribution in [0.2, 0.25) is 0 Å². The maximum absolute atomic E-state index is 12.4. The van der Waals surface area contributed by atoms with Crippen molar-refractivity contribution in [2.45, 2.75) is 257 Å². The molecule has 0 aliphatic rings. The van der Waals surface area contributed by atoms with Gasteiger partial charge in [0.25, 0.3) is 0 Å². The molecule has 0 unspecified atom stereocenters. The normalized spacial score (nSPS) is 13.6. The molecule has 1 amide bonds. The van der Waals surface area contributed by atoms with Crippen LogP contribution in [0, 0.1) is 0 Å². The maximum atomic E-state index is 12.4. The van der Waals surface area contributed by atoms with Gasteiger partial charge in [0.1, 0.15) is 6.10 Å². The Labute approximate surface area is 294 Å². The Balaban J connectivity index is 3.59. The summed E-state index contributed by atoms with van der Waals surface area (Å²) in [6, 6.07) is -0.801. The number of rotatable bonds is 39.